The predicted molar refractivity (Wildman–Crippen MR) is 77.8 cm³/mol. The van der Waals surface area contributed by atoms with Crippen LogP contribution in [0, 0.1) is 6.92 Å². The fourth-order valence-corrected chi connectivity index (χ4v) is 2.12. The van der Waals surface area contributed by atoms with Crippen molar-refractivity contribution in [1.29, 1.82) is 0 Å². The summed E-state index contributed by atoms with van der Waals surface area (Å²) in [7, 11) is 0. The van der Waals surface area contributed by atoms with Crippen molar-refractivity contribution in [3.8, 4) is 0 Å². The fraction of sp³-hybridized carbons (Fsp3) is 0.333. The average Bonchev–Trinajstić information content (AvgIpc) is 2.85. The molecule has 20 heavy (non-hydrogen) atoms. The maximum atomic E-state index is 11.1. The van der Waals surface area contributed by atoms with Gasteiger partial charge >= 0.3 is 5.97 Å². The van der Waals surface area contributed by atoms with E-state index < -0.39 is 5.97 Å². The van der Waals surface area contributed by atoms with Gasteiger partial charge in [-0.3, -0.25) is 4.79 Å². The van der Waals surface area contributed by atoms with Crippen molar-refractivity contribution >= 4 is 11.7 Å². The minimum absolute atomic E-state index is 0.0298. The lowest BCUT2D eigenvalue weighted by Crippen LogP contribution is -2.30. The van der Waals surface area contributed by atoms with Crippen LogP contribution in [0.1, 0.15) is 18.2 Å². The van der Waals surface area contributed by atoms with Crippen LogP contribution < -0.4 is 4.90 Å². The van der Waals surface area contributed by atoms with Crippen LogP contribution >= 0.6 is 0 Å². The number of aryl methyl sites for hydroxylation is 2. The van der Waals surface area contributed by atoms with E-state index in [1.807, 2.05) is 47.6 Å². The minimum Gasteiger partial charge on any atom is -0.480 e. The third kappa shape index (κ3) is 3.38. The van der Waals surface area contributed by atoms with Gasteiger partial charge in [0.05, 0.1) is 18.6 Å². The molecule has 0 aliphatic carbocycles. The first-order chi connectivity index (χ1) is 9.60. The molecule has 0 saturated carbocycles. The molecule has 0 fully saturated rings. The molecule has 2 rings (SSSR count). The van der Waals surface area contributed by atoms with Crippen LogP contribution in [0.3, 0.4) is 0 Å². The fourth-order valence-electron chi connectivity index (χ4n) is 2.12. The standard InChI is InChI=1S/C15H19N3O2/c1-3-17-11-16-8-14(17)9-18(10-15(19)20)13-6-4-12(2)5-7-13/h4-8,11H,3,9-10H2,1-2H3,(H,19,20). The van der Waals surface area contributed by atoms with Gasteiger partial charge in [0.2, 0.25) is 0 Å². The Morgan fingerprint density at radius 1 is 1.35 bits per heavy atom. The Morgan fingerprint density at radius 3 is 2.65 bits per heavy atom. The number of carboxylic acids is 1. The first-order valence-corrected chi connectivity index (χ1v) is 6.62. The molecule has 0 aliphatic heterocycles. The lowest BCUT2D eigenvalue weighted by molar-refractivity contribution is -0.135. The van der Waals surface area contributed by atoms with Crippen molar-refractivity contribution < 1.29 is 9.90 Å². The Labute approximate surface area is 118 Å². The molecule has 0 saturated heterocycles. The molecule has 0 aliphatic rings. The predicted octanol–water partition coefficient (Wildman–Crippen LogP) is 2.30. The molecule has 0 spiro atoms. The van der Waals surface area contributed by atoms with Crippen molar-refractivity contribution in [2.45, 2.75) is 26.9 Å². The maximum absolute atomic E-state index is 11.1. The quantitative estimate of drug-likeness (QED) is 0.877. The van der Waals surface area contributed by atoms with E-state index in [0.29, 0.717) is 6.54 Å². The SMILES string of the molecule is CCn1cncc1CN(CC(=O)O)c1ccc(C)cc1. The summed E-state index contributed by atoms with van der Waals surface area (Å²) in [6.07, 6.45) is 3.55. The van der Waals surface area contributed by atoms with E-state index in [1.54, 1.807) is 12.5 Å². The zero-order chi connectivity index (χ0) is 14.5. The largest absolute Gasteiger partial charge is 0.480 e. The molecule has 0 bridgehead atoms. The van der Waals surface area contributed by atoms with Gasteiger partial charge in [-0.1, -0.05) is 17.7 Å². The molecule has 5 nitrogen and oxygen atoms in total. The van der Waals surface area contributed by atoms with E-state index >= 15 is 0 Å². The van der Waals surface area contributed by atoms with Crippen molar-refractivity contribution in [2.24, 2.45) is 0 Å². The highest BCUT2D eigenvalue weighted by atomic mass is 16.4. The lowest BCUT2D eigenvalue weighted by atomic mass is 10.2. The first kappa shape index (κ1) is 14.1. The van der Waals surface area contributed by atoms with E-state index in [9.17, 15) is 4.79 Å². The second kappa shape index (κ2) is 6.23. The van der Waals surface area contributed by atoms with Gasteiger partial charge in [-0.15, -0.1) is 0 Å². The van der Waals surface area contributed by atoms with Gasteiger partial charge in [-0.05, 0) is 26.0 Å². The summed E-state index contributed by atoms with van der Waals surface area (Å²) in [5, 5.41) is 9.09. The Kier molecular flexibility index (Phi) is 4.40. The summed E-state index contributed by atoms with van der Waals surface area (Å²) in [5.41, 5.74) is 3.07. The topological polar surface area (TPSA) is 58.4 Å². The molecule has 1 heterocycles. The highest BCUT2D eigenvalue weighted by Gasteiger charge is 2.13. The number of hydrogen-bond acceptors (Lipinski definition) is 3. The number of carbonyl (C=O) groups is 1. The number of aliphatic carboxylic acids is 1. The van der Waals surface area contributed by atoms with Crippen LogP contribution in [-0.4, -0.2) is 27.2 Å². The zero-order valence-corrected chi connectivity index (χ0v) is 11.8. The molecule has 5 heteroatoms. The Morgan fingerprint density at radius 2 is 2.05 bits per heavy atom. The Balaban J connectivity index is 2.23. The monoisotopic (exact) mass is 273 g/mol. The van der Waals surface area contributed by atoms with Crippen LogP contribution in [0.4, 0.5) is 5.69 Å². The van der Waals surface area contributed by atoms with Crippen molar-refractivity contribution in [1.82, 2.24) is 9.55 Å². The molecular weight excluding hydrogens is 254 g/mol. The minimum atomic E-state index is -0.840. The molecule has 106 valence electrons. The van der Waals surface area contributed by atoms with Gasteiger partial charge in [-0.2, -0.15) is 0 Å². The summed E-state index contributed by atoms with van der Waals surface area (Å²) in [4.78, 5) is 17.0. The number of imidazole rings is 1. The van der Waals surface area contributed by atoms with Crippen molar-refractivity contribution in [2.75, 3.05) is 11.4 Å². The number of aromatic nitrogens is 2. The summed E-state index contributed by atoms with van der Waals surface area (Å²) < 4.78 is 2.02. The van der Waals surface area contributed by atoms with Crippen LogP contribution in [0.25, 0.3) is 0 Å². The maximum Gasteiger partial charge on any atom is 0.323 e. The number of anilines is 1. The lowest BCUT2D eigenvalue weighted by Gasteiger charge is -2.23. The molecule has 0 atom stereocenters. The number of hydrogen-bond donors (Lipinski definition) is 1. The molecule has 1 N–H and O–H groups in total. The number of benzene rings is 1. The van der Waals surface area contributed by atoms with Gasteiger partial charge in [0.1, 0.15) is 6.54 Å². The summed E-state index contributed by atoms with van der Waals surface area (Å²) in [6.45, 7) is 5.38. The first-order valence-electron chi connectivity index (χ1n) is 6.62. The van der Waals surface area contributed by atoms with E-state index in [-0.39, 0.29) is 6.54 Å². The van der Waals surface area contributed by atoms with Crippen LogP contribution in [-0.2, 0) is 17.9 Å². The summed E-state index contributed by atoms with van der Waals surface area (Å²) >= 11 is 0. The third-order valence-electron chi connectivity index (χ3n) is 3.22. The molecule has 0 amide bonds. The van der Waals surface area contributed by atoms with Crippen LogP contribution in [0.5, 0.6) is 0 Å². The van der Waals surface area contributed by atoms with Gasteiger partial charge in [0, 0.05) is 18.4 Å². The van der Waals surface area contributed by atoms with Gasteiger partial charge in [-0.25, -0.2) is 4.98 Å². The molecule has 2 aromatic rings. The van der Waals surface area contributed by atoms with E-state index in [4.69, 9.17) is 5.11 Å². The van der Waals surface area contributed by atoms with Gasteiger partial charge in [0.15, 0.2) is 0 Å². The van der Waals surface area contributed by atoms with Crippen LogP contribution in [0.15, 0.2) is 36.8 Å². The second-order valence-corrected chi connectivity index (χ2v) is 4.76. The van der Waals surface area contributed by atoms with Gasteiger partial charge in [0.25, 0.3) is 0 Å². The highest BCUT2D eigenvalue weighted by Crippen LogP contribution is 2.17. The summed E-state index contributed by atoms with van der Waals surface area (Å²) in [6, 6.07) is 7.87. The molecular formula is C15H19N3O2. The van der Waals surface area contributed by atoms with Gasteiger partial charge < -0.3 is 14.6 Å². The smallest absolute Gasteiger partial charge is 0.323 e. The van der Waals surface area contributed by atoms with Crippen LogP contribution in [0.2, 0.25) is 0 Å². The zero-order valence-electron chi connectivity index (χ0n) is 11.8. The average molecular weight is 273 g/mol. The molecule has 0 radical (unpaired) electrons. The second-order valence-electron chi connectivity index (χ2n) is 4.76. The number of nitrogens with zero attached hydrogens (tertiary/aromatic N) is 3. The Bertz CT molecular complexity index is 575. The Hall–Kier alpha value is -2.30. The van der Waals surface area contributed by atoms with E-state index in [1.165, 1.54) is 0 Å². The molecule has 0 unspecified atom stereocenters. The summed E-state index contributed by atoms with van der Waals surface area (Å²) in [5.74, 6) is -0.840. The van der Waals surface area contributed by atoms with E-state index in [2.05, 4.69) is 4.98 Å². The van der Waals surface area contributed by atoms with Crippen molar-refractivity contribution in [3.05, 3.63) is 48.0 Å². The van der Waals surface area contributed by atoms with Crippen molar-refractivity contribution in [3.63, 3.8) is 0 Å². The normalized spacial score (nSPS) is 10.5. The van der Waals surface area contributed by atoms with E-state index in [0.717, 1.165) is 23.5 Å². The number of rotatable bonds is 6. The molecule has 1 aromatic heterocycles. The molecule has 1 aromatic carbocycles. The number of carboxylic acid groups (broad SMARTS) is 1. The highest BCUT2D eigenvalue weighted by molar-refractivity contribution is 5.73. The third-order valence-corrected chi connectivity index (χ3v) is 3.22.